The third kappa shape index (κ3) is 54.4. The Hall–Kier alpha value is -5.99. The molecule has 0 aromatic carbocycles. The van der Waals surface area contributed by atoms with Crippen molar-refractivity contribution in [3.05, 3.63) is 10.4 Å². The molecule has 0 aliphatic carbocycles. The van der Waals surface area contributed by atoms with Crippen molar-refractivity contribution in [2.45, 2.75) is 320 Å². The molecule has 24 nitrogen and oxygen atoms in total. The van der Waals surface area contributed by atoms with Gasteiger partial charge in [-0.3, -0.25) is 14.4 Å². The molecular weight excluding hydrogens is 1100 g/mol. The molecule has 5 atom stereocenters. The summed E-state index contributed by atoms with van der Waals surface area (Å²) in [5, 5.41) is 14.9. The number of ether oxygens (including phenoxy) is 6. The van der Waals surface area contributed by atoms with E-state index in [4.69, 9.17) is 43.5 Å². The van der Waals surface area contributed by atoms with Crippen LogP contribution in [0.25, 0.3) is 10.4 Å². The molecule has 494 valence electrons. The van der Waals surface area contributed by atoms with Gasteiger partial charge >= 0.3 is 54.0 Å². The molecule has 0 unspecified atom stereocenters. The van der Waals surface area contributed by atoms with Crippen molar-refractivity contribution >= 4 is 54.0 Å². The number of nitrogens with zero attached hydrogens (tertiary/aromatic N) is 3. The highest BCUT2D eigenvalue weighted by molar-refractivity contribution is 5.85. The number of nitrogens with one attached hydrogen (secondary N) is 4. The van der Waals surface area contributed by atoms with E-state index in [1.807, 2.05) is 20.8 Å². The van der Waals surface area contributed by atoms with E-state index in [0.717, 1.165) is 38.5 Å². The van der Waals surface area contributed by atoms with E-state index in [1.165, 1.54) is 0 Å². The Kier molecular flexibility index (Phi) is 39.9. The van der Waals surface area contributed by atoms with E-state index >= 15 is 0 Å². The summed E-state index contributed by atoms with van der Waals surface area (Å²) in [6.07, 6.45) is 7.15. The highest BCUT2D eigenvalue weighted by Gasteiger charge is 2.34. The van der Waals surface area contributed by atoms with E-state index in [1.54, 1.807) is 125 Å². The number of quaternary nitrogens is 1. The predicted molar refractivity (Wildman–Crippen MR) is 324 cm³/mol. The van der Waals surface area contributed by atoms with Gasteiger partial charge in [-0.15, -0.1) is 0 Å². The highest BCUT2D eigenvalue weighted by Crippen LogP contribution is 2.26. The lowest BCUT2D eigenvalue weighted by atomic mass is 9.83. The van der Waals surface area contributed by atoms with Crippen molar-refractivity contribution in [1.82, 2.24) is 21.3 Å². The maximum Gasteiger partial charge on any atom is 0.373 e. The second-order valence-corrected chi connectivity index (χ2v) is 28.9. The fourth-order valence-corrected chi connectivity index (χ4v) is 7.07. The van der Waals surface area contributed by atoms with Gasteiger partial charge in [-0.25, -0.2) is 24.0 Å². The lowest BCUT2D eigenvalue weighted by Gasteiger charge is -2.32. The molecule has 0 fully saturated rings. The summed E-state index contributed by atoms with van der Waals surface area (Å²) in [5.41, 5.74) is 8.03. The minimum absolute atomic E-state index is 0.000654. The lowest BCUT2D eigenvalue weighted by Crippen LogP contribution is -2.66. The van der Waals surface area contributed by atoms with Gasteiger partial charge in [-0.05, 0) is 173 Å². The van der Waals surface area contributed by atoms with Crippen LogP contribution < -0.4 is 27.0 Å². The molecule has 24 heteroatoms. The average Bonchev–Trinajstić information content (AvgIpc) is 3.26. The Bertz CT molecular complexity index is 2120. The van der Waals surface area contributed by atoms with Crippen LogP contribution in [0.4, 0.5) is 9.59 Å². The molecule has 0 spiro atoms. The standard InChI is InChI=1S/C24H46N2O5.C23H43N5O5.C13H25NO4.CO2/c1-11-12-13-14-18(22(2,3)4)26-21(29)25-17(20(28)31-24(8,9)10)15-16-19(27)30-23(5,6)7;1-21(2,3)17(12-10-11-15-25-28-24)27-20(31)26-16(19(30)33-23(7,8)9)13-14-18(29)32-22(4,5)6;1-12(2,3)17-10(15)8-7-9(14)11(16)18-13(4,5)6;2-1-3/h17-18H,11-16H2,1-10H3,(H2,25,26,29);16-17H,10-15H2,1-9H3,(H2,26,27,31);9H,7-8,14H2,1-6H3;/p+1/t17-,18-;16-,17-;9-;/m000./s1. The summed E-state index contributed by atoms with van der Waals surface area (Å²) in [5.74, 6) is -2.75. The van der Waals surface area contributed by atoms with Crippen LogP contribution in [0.3, 0.4) is 0 Å². The minimum Gasteiger partial charge on any atom is -0.460 e. The third-order valence-corrected chi connectivity index (χ3v) is 10.8. The third-order valence-electron chi connectivity index (χ3n) is 10.8. The van der Waals surface area contributed by atoms with Crippen molar-refractivity contribution in [3.63, 3.8) is 0 Å². The lowest BCUT2D eigenvalue weighted by molar-refractivity contribution is -0.410. The monoisotopic (exact) mass is 1220 g/mol. The Morgan fingerprint density at radius 1 is 0.435 bits per heavy atom. The van der Waals surface area contributed by atoms with Gasteiger partial charge in [0, 0.05) is 42.8 Å². The number of unbranched alkanes of at least 4 members (excludes halogenated alkanes) is 3. The molecule has 0 heterocycles. The second kappa shape index (κ2) is 39.7. The number of amides is 4. The summed E-state index contributed by atoms with van der Waals surface area (Å²) >= 11 is 0. The van der Waals surface area contributed by atoms with E-state index in [-0.39, 0.29) is 73.1 Å². The number of rotatable bonds is 25. The number of urea groups is 2. The Morgan fingerprint density at radius 2 is 0.718 bits per heavy atom. The van der Waals surface area contributed by atoms with Crippen molar-refractivity contribution in [3.8, 4) is 0 Å². The summed E-state index contributed by atoms with van der Waals surface area (Å²) in [6, 6.07) is -3.64. The Balaban J connectivity index is -0.000000587. The van der Waals surface area contributed by atoms with Crippen LogP contribution in [-0.4, -0.2) is 124 Å². The molecule has 0 rings (SSSR count). The van der Waals surface area contributed by atoms with Crippen molar-refractivity contribution in [1.29, 1.82) is 0 Å². The number of carbonyl (C=O) groups is 8. The van der Waals surface area contributed by atoms with E-state index in [2.05, 4.69) is 64.7 Å². The zero-order valence-corrected chi connectivity index (χ0v) is 56.9. The first-order chi connectivity index (χ1) is 38.2. The van der Waals surface area contributed by atoms with Gasteiger partial charge in [0.25, 0.3) is 0 Å². The molecule has 0 aromatic rings. The summed E-state index contributed by atoms with van der Waals surface area (Å²) < 4.78 is 31.8. The number of azide groups is 1. The first kappa shape index (κ1) is 85.5. The topological polar surface area (TPSA) is 351 Å². The van der Waals surface area contributed by atoms with E-state index in [0.29, 0.717) is 19.4 Å². The van der Waals surface area contributed by atoms with Crippen LogP contribution in [0.2, 0.25) is 0 Å². The molecule has 4 amide bonds. The summed E-state index contributed by atoms with van der Waals surface area (Å²) in [7, 11) is 0. The van der Waals surface area contributed by atoms with Crippen LogP contribution in [-0.2, 0) is 66.8 Å². The minimum atomic E-state index is -0.998. The first-order valence-electron chi connectivity index (χ1n) is 29.5. The van der Waals surface area contributed by atoms with Gasteiger partial charge in [-0.2, -0.15) is 9.59 Å². The number of carbonyl (C=O) groups excluding carboxylic acids is 10. The molecule has 0 aliphatic rings. The van der Waals surface area contributed by atoms with Gasteiger partial charge in [0.2, 0.25) is 0 Å². The van der Waals surface area contributed by atoms with Gasteiger partial charge in [0.15, 0.2) is 6.04 Å². The maximum atomic E-state index is 12.8. The van der Waals surface area contributed by atoms with E-state index < -0.39 is 87.7 Å². The van der Waals surface area contributed by atoms with Crippen LogP contribution in [0, 0.1) is 10.8 Å². The van der Waals surface area contributed by atoms with Crippen LogP contribution in [0.15, 0.2) is 5.11 Å². The molecule has 0 aromatic heterocycles. The smallest absolute Gasteiger partial charge is 0.373 e. The fraction of sp³-hybridized carbons (Fsp3) is 0.852. The SMILES string of the molecule is CC(C)(C)OC(=O)CC[C@H](NC(=O)N[C@@H](CCCCN=[N+]=[N-])C(C)(C)C)C(=O)OC(C)(C)C.CC(C)(C)OC(=O)CC[C@H]([NH3+])C(=O)OC(C)(C)C.CCCCC[C@H](NC(=O)N[C@@H](CCC(=O)OC(C)(C)C)C(=O)OC(C)(C)C)C(C)(C)C.O=C=O. The van der Waals surface area contributed by atoms with Gasteiger partial charge in [0.05, 0.1) is 6.42 Å². The molecule has 0 aliphatic heterocycles. The molecule has 85 heavy (non-hydrogen) atoms. The second-order valence-electron chi connectivity index (χ2n) is 28.9. The molecule has 0 saturated carbocycles. The van der Waals surface area contributed by atoms with Gasteiger partial charge < -0.3 is 55.4 Å². The van der Waals surface area contributed by atoms with Crippen LogP contribution >= 0.6 is 0 Å². The van der Waals surface area contributed by atoms with Gasteiger partial charge in [-0.1, -0.05) is 79.3 Å². The predicted octanol–water partition coefficient (Wildman–Crippen LogP) is 10.6. The summed E-state index contributed by atoms with van der Waals surface area (Å²) in [4.78, 5) is 117. The average molecular weight is 1220 g/mol. The molecule has 0 bridgehead atoms. The van der Waals surface area contributed by atoms with Crippen molar-refractivity contribution < 1.29 is 82.1 Å². The zero-order chi connectivity index (χ0) is 67.6. The van der Waals surface area contributed by atoms with Crippen LogP contribution in [0.5, 0.6) is 0 Å². The number of hydrogen-bond acceptors (Lipinski definition) is 17. The van der Waals surface area contributed by atoms with E-state index in [9.17, 15) is 38.4 Å². The molecule has 0 radical (unpaired) electrons. The fourth-order valence-electron chi connectivity index (χ4n) is 7.07. The van der Waals surface area contributed by atoms with Crippen molar-refractivity contribution in [2.75, 3.05) is 6.54 Å². The largest absolute Gasteiger partial charge is 0.460 e. The quantitative estimate of drug-likeness (QED) is 0.0142. The Morgan fingerprint density at radius 3 is 0.988 bits per heavy atom. The van der Waals surface area contributed by atoms with Crippen molar-refractivity contribution in [2.24, 2.45) is 15.9 Å². The molecular formula is C61H115N8O16+. The number of esters is 6. The summed E-state index contributed by atoms with van der Waals surface area (Å²) in [6.45, 7) is 46.8. The van der Waals surface area contributed by atoms with Crippen LogP contribution in [0.1, 0.15) is 257 Å². The molecule has 7 N–H and O–H groups in total. The van der Waals surface area contributed by atoms with Gasteiger partial charge in [0.1, 0.15) is 45.7 Å². The first-order valence-corrected chi connectivity index (χ1v) is 29.5. The number of hydrogen-bond donors (Lipinski definition) is 5. The highest BCUT2D eigenvalue weighted by atomic mass is 16.6. The zero-order valence-electron chi connectivity index (χ0n) is 56.9. The normalized spacial score (nSPS) is 13.7. The Labute approximate surface area is 509 Å². The maximum absolute atomic E-state index is 12.8. The molecule has 0 saturated heterocycles.